The third kappa shape index (κ3) is 4.89. The van der Waals surface area contributed by atoms with Crippen molar-refractivity contribution in [3.63, 3.8) is 0 Å². The van der Waals surface area contributed by atoms with Crippen molar-refractivity contribution in [2.24, 2.45) is 0 Å². The van der Waals surface area contributed by atoms with Crippen LogP contribution < -0.4 is 0 Å². The van der Waals surface area contributed by atoms with E-state index in [9.17, 15) is 0 Å². The van der Waals surface area contributed by atoms with Gasteiger partial charge in [-0.15, -0.1) is 0 Å². The lowest BCUT2D eigenvalue weighted by Crippen LogP contribution is -1.68. The molecule has 2 heteroatoms. The van der Waals surface area contributed by atoms with Gasteiger partial charge < -0.3 is 0 Å². The fourth-order valence-electron chi connectivity index (χ4n) is 0.506. The van der Waals surface area contributed by atoms with Gasteiger partial charge in [0.05, 0.1) is 0 Å². The molecule has 0 atom stereocenters. The van der Waals surface area contributed by atoms with Crippen LogP contribution in [0.4, 0.5) is 0 Å². The first-order valence-corrected chi connectivity index (χ1v) is 4.18. The highest BCUT2D eigenvalue weighted by atomic mass is 35.5. The maximum atomic E-state index is 5.75. The number of allylic oxidation sites excluding steroid dienone is 4. The smallest absolute Gasteiger partial charge is 0.0377 e. The van der Waals surface area contributed by atoms with Gasteiger partial charge in [-0.05, 0) is 18.9 Å². The zero-order valence-corrected chi connectivity index (χ0v) is 7.84. The molecule has 0 aromatic heterocycles. The minimum absolute atomic E-state index is 0.731. The van der Waals surface area contributed by atoms with E-state index in [0.717, 1.165) is 22.9 Å². The summed E-state index contributed by atoms with van der Waals surface area (Å²) in [5.74, 6) is 0. The summed E-state index contributed by atoms with van der Waals surface area (Å²) in [5.41, 5.74) is 0. The van der Waals surface area contributed by atoms with E-state index in [2.05, 4.69) is 0 Å². The third-order valence-electron chi connectivity index (χ3n) is 1.03. The van der Waals surface area contributed by atoms with Gasteiger partial charge in [0.25, 0.3) is 0 Å². The molecule has 0 unspecified atom stereocenters. The molecule has 0 aliphatic rings. The molecule has 0 saturated heterocycles. The molecule has 0 radical (unpaired) electrons. The first-order valence-electron chi connectivity index (χ1n) is 3.42. The SMILES string of the molecule is CC/C=C(Cl)\C=C(\Cl)CC. The fourth-order valence-corrected chi connectivity index (χ4v) is 0.965. The van der Waals surface area contributed by atoms with E-state index in [4.69, 9.17) is 23.2 Å². The monoisotopic (exact) mass is 178 g/mol. The molecule has 0 aromatic rings. The van der Waals surface area contributed by atoms with Crippen LogP contribution in [0.3, 0.4) is 0 Å². The van der Waals surface area contributed by atoms with Crippen LogP contribution in [-0.2, 0) is 0 Å². The highest BCUT2D eigenvalue weighted by Gasteiger charge is 1.88. The third-order valence-corrected chi connectivity index (χ3v) is 1.67. The topological polar surface area (TPSA) is 0 Å². The zero-order chi connectivity index (χ0) is 7.98. The van der Waals surface area contributed by atoms with Gasteiger partial charge in [-0.3, -0.25) is 0 Å². The molecule has 0 spiro atoms. The first kappa shape index (κ1) is 10.1. The Morgan fingerprint density at radius 1 is 1.30 bits per heavy atom. The van der Waals surface area contributed by atoms with Crippen molar-refractivity contribution in [2.45, 2.75) is 26.7 Å². The van der Waals surface area contributed by atoms with E-state index in [1.54, 1.807) is 6.08 Å². The molecule has 0 aliphatic carbocycles. The predicted octanol–water partition coefficient (Wildman–Crippen LogP) is 4.05. The maximum absolute atomic E-state index is 5.75. The largest absolute Gasteiger partial charge is 0.0891 e. The lowest BCUT2D eigenvalue weighted by molar-refractivity contribution is 1.18. The fraction of sp³-hybridized carbons (Fsp3) is 0.500. The number of hydrogen-bond acceptors (Lipinski definition) is 0. The van der Waals surface area contributed by atoms with E-state index in [0.29, 0.717) is 0 Å². The van der Waals surface area contributed by atoms with Crippen LogP contribution >= 0.6 is 23.2 Å². The number of hydrogen-bond donors (Lipinski definition) is 0. The average molecular weight is 179 g/mol. The van der Waals surface area contributed by atoms with E-state index < -0.39 is 0 Å². The van der Waals surface area contributed by atoms with Crippen molar-refractivity contribution < 1.29 is 0 Å². The van der Waals surface area contributed by atoms with E-state index >= 15 is 0 Å². The van der Waals surface area contributed by atoms with Crippen LogP contribution in [0.25, 0.3) is 0 Å². The highest BCUT2D eigenvalue weighted by molar-refractivity contribution is 6.34. The van der Waals surface area contributed by atoms with Gasteiger partial charge >= 0.3 is 0 Å². The van der Waals surface area contributed by atoms with Crippen molar-refractivity contribution in [3.05, 3.63) is 22.2 Å². The van der Waals surface area contributed by atoms with E-state index in [-0.39, 0.29) is 0 Å². The predicted molar refractivity (Wildman–Crippen MR) is 48.5 cm³/mol. The molecule has 10 heavy (non-hydrogen) atoms. The van der Waals surface area contributed by atoms with Gasteiger partial charge in [0, 0.05) is 10.1 Å². The zero-order valence-electron chi connectivity index (χ0n) is 6.32. The molecule has 0 N–H and O–H groups in total. The Hall–Kier alpha value is 0.0600. The Kier molecular flexibility index (Phi) is 5.85. The summed E-state index contributed by atoms with van der Waals surface area (Å²) in [6, 6.07) is 0. The second-order valence-electron chi connectivity index (χ2n) is 1.94. The van der Waals surface area contributed by atoms with Crippen LogP contribution in [0.2, 0.25) is 0 Å². The van der Waals surface area contributed by atoms with Crippen molar-refractivity contribution in [1.82, 2.24) is 0 Å². The lowest BCUT2D eigenvalue weighted by Gasteiger charge is -1.90. The molecule has 0 rings (SSSR count). The molecule has 0 nitrogen and oxygen atoms in total. The highest BCUT2D eigenvalue weighted by Crippen LogP contribution is 2.13. The molecule has 0 saturated carbocycles. The van der Waals surface area contributed by atoms with Crippen LogP contribution in [-0.4, -0.2) is 0 Å². The molecule has 0 bridgehead atoms. The second-order valence-corrected chi connectivity index (χ2v) is 2.86. The Labute approximate surface area is 72.5 Å². The normalized spacial score (nSPS) is 14.0. The molecule has 0 aliphatic heterocycles. The van der Waals surface area contributed by atoms with Crippen molar-refractivity contribution in [3.8, 4) is 0 Å². The van der Waals surface area contributed by atoms with Crippen LogP contribution in [0.5, 0.6) is 0 Å². The molecule has 0 heterocycles. The standard InChI is InChI=1S/C8H12Cl2/c1-3-5-8(10)6-7(9)4-2/h5-6H,3-4H2,1-2H3/b7-6+,8-5+. The number of halogens is 2. The minimum Gasteiger partial charge on any atom is -0.0891 e. The van der Waals surface area contributed by atoms with Crippen molar-refractivity contribution >= 4 is 23.2 Å². The summed E-state index contributed by atoms with van der Waals surface area (Å²) in [7, 11) is 0. The lowest BCUT2D eigenvalue weighted by atomic mass is 10.3. The van der Waals surface area contributed by atoms with Gasteiger partial charge in [-0.1, -0.05) is 43.1 Å². The Morgan fingerprint density at radius 3 is 2.30 bits per heavy atom. The van der Waals surface area contributed by atoms with Crippen LogP contribution in [0.15, 0.2) is 22.2 Å². The first-order chi connectivity index (χ1) is 4.70. The maximum Gasteiger partial charge on any atom is 0.0377 e. The molecule has 0 amide bonds. The molecular formula is C8H12Cl2. The van der Waals surface area contributed by atoms with Gasteiger partial charge in [-0.2, -0.15) is 0 Å². The van der Waals surface area contributed by atoms with Gasteiger partial charge in [0.1, 0.15) is 0 Å². The van der Waals surface area contributed by atoms with Gasteiger partial charge in [0.2, 0.25) is 0 Å². The summed E-state index contributed by atoms with van der Waals surface area (Å²) in [6.45, 7) is 4.03. The Bertz CT molecular complexity index is 145. The second kappa shape index (κ2) is 5.82. The Morgan fingerprint density at radius 2 is 1.90 bits per heavy atom. The summed E-state index contributed by atoms with van der Waals surface area (Å²) in [4.78, 5) is 0. The van der Waals surface area contributed by atoms with Crippen LogP contribution in [0.1, 0.15) is 26.7 Å². The minimum atomic E-state index is 0.731. The van der Waals surface area contributed by atoms with Gasteiger partial charge in [-0.25, -0.2) is 0 Å². The van der Waals surface area contributed by atoms with Crippen molar-refractivity contribution in [2.75, 3.05) is 0 Å². The number of rotatable bonds is 3. The van der Waals surface area contributed by atoms with Gasteiger partial charge in [0.15, 0.2) is 0 Å². The molecule has 58 valence electrons. The van der Waals surface area contributed by atoms with Crippen molar-refractivity contribution in [1.29, 1.82) is 0 Å². The summed E-state index contributed by atoms with van der Waals surface area (Å²) in [6.07, 6.45) is 5.50. The summed E-state index contributed by atoms with van der Waals surface area (Å²) < 4.78 is 0. The quantitative estimate of drug-likeness (QED) is 0.573. The summed E-state index contributed by atoms with van der Waals surface area (Å²) in [5, 5.41) is 1.53. The summed E-state index contributed by atoms with van der Waals surface area (Å²) >= 11 is 11.5. The van der Waals surface area contributed by atoms with E-state index in [1.165, 1.54) is 0 Å². The Balaban J connectivity index is 3.98. The molecule has 0 fully saturated rings. The molecule has 0 aromatic carbocycles. The van der Waals surface area contributed by atoms with E-state index in [1.807, 2.05) is 19.9 Å². The van der Waals surface area contributed by atoms with Crippen LogP contribution in [0, 0.1) is 0 Å². The molecular weight excluding hydrogens is 167 g/mol. The average Bonchev–Trinajstić information content (AvgIpc) is 1.88.